The number of sulfonamides is 1. The van der Waals surface area contributed by atoms with Gasteiger partial charge in [-0.15, -0.1) is 0 Å². The maximum absolute atomic E-state index is 13.2. The quantitative estimate of drug-likeness (QED) is 0.837. The van der Waals surface area contributed by atoms with E-state index < -0.39 is 15.8 Å². The van der Waals surface area contributed by atoms with E-state index >= 15 is 0 Å². The van der Waals surface area contributed by atoms with E-state index in [1.54, 1.807) is 11.0 Å². The van der Waals surface area contributed by atoms with Crippen LogP contribution in [0.3, 0.4) is 0 Å². The van der Waals surface area contributed by atoms with Crippen molar-refractivity contribution in [2.45, 2.75) is 17.7 Å². The molecule has 1 N–H and O–H groups in total. The minimum atomic E-state index is -3.96. The van der Waals surface area contributed by atoms with Crippen LogP contribution >= 0.6 is 11.6 Å². The Hall–Kier alpha value is -2.32. The van der Waals surface area contributed by atoms with Crippen LogP contribution in [0.5, 0.6) is 5.75 Å². The maximum Gasteiger partial charge on any atom is 0.261 e. The van der Waals surface area contributed by atoms with E-state index in [0.29, 0.717) is 24.4 Å². The first-order valence-electron chi connectivity index (χ1n) is 7.78. The lowest BCUT2D eigenvalue weighted by Crippen LogP contribution is -2.24. The fraction of sp³-hybridized carbons (Fsp3) is 0.235. The number of halogens is 2. The number of nitrogens with zero attached hydrogens (tertiary/aromatic N) is 1. The first kappa shape index (κ1) is 18.5. The Balaban J connectivity index is 1.90. The van der Waals surface area contributed by atoms with E-state index in [0.717, 1.165) is 24.6 Å². The Labute approximate surface area is 155 Å². The van der Waals surface area contributed by atoms with Gasteiger partial charge in [-0.25, -0.2) is 12.8 Å². The molecule has 0 saturated carbocycles. The monoisotopic (exact) mass is 398 g/mol. The van der Waals surface area contributed by atoms with Crippen LogP contribution in [-0.2, 0) is 14.8 Å². The highest BCUT2D eigenvalue weighted by Crippen LogP contribution is 2.34. The van der Waals surface area contributed by atoms with E-state index in [2.05, 4.69) is 4.72 Å². The number of hydrogen-bond acceptors (Lipinski definition) is 4. The molecule has 2 aromatic carbocycles. The average Bonchev–Trinajstić information content (AvgIpc) is 3.02. The summed E-state index contributed by atoms with van der Waals surface area (Å²) in [7, 11) is -2.52. The summed E-state index contributed by atoms with van der Waals surface area (Å²) in [6.07, 6.45) is 1.24. The lowest BCUT2D eigenvalue weighted by Gasteiger charge is -2.20. The maximum atomic E-state index is 13.2. The zero-order chi connectivity index (χ0) is 18.9. The third kappa shape index (κ3) is 3.61. The van der Waals surface area contributed by atoms with Crippen molar-refractivity contribution in [3.05, 3.63) is 47.2 Å². The number of carbonyl (C=O) groups is 1. The summed E-state index contributed by atoms with van der Waals surface area (Å²) < 4.78 is 45.9. The molecule has 0 aliphatic carbocycles. The standard InChI is InChI=1S/C17H16ClFN2O4S/c1-25-16-9-11(4-7-15(16)21-8-2-3-17(21)22)20-26(23,24)12-5-6-14(19)13(18)10-12/h4-7,9-10,20H,2-3,8H2,1H3. The van der Waals surface area contributed by atoms with E-state index in [1.165, 1.54) is 19.2 Å². The summed E-state index contributed by atoms with van der Waals surface area (Å²) in [5.74, 6) is -0.331. The molecule has 2 aromatic rings. The Morgan fingerprint density at radius 1 is 1.23 bits per heavy atom. The highest BCUT2D eigenvalue weighted by Gasteiger charge is 2.25. The summed E-state index contributed by atoms with van der Waals surface area (Å²) >= 11 is 5.65. The molecule has 0 bridgehead atoms. The van der Waals surface area contributed by atoms with Crippen molar-refractivity contribution in [3.63, 3.8) is 0 Å². The van der Waals surface area contributed by atoms with Crippen molar-refractivity contribution in [1.82, 2.24) is 0 Å². The molecule has 1 aliphatic rings. The van der Waals surface area contributed by atoms with Crippen LogP contribution in [0.15, 0.2) is 41.3 Å². The topological polar surface area (TPSA) is 75.7 Å². The van der Waals surface area contributed by atoms with Gasteiger partial charge in [-0.3, -0.25) is 9.52 Å². The molecular formula is C17H16ClFN2O4S. The Kier molecular flexibility index (Phi) is 5.06. The number of benzene rings is 2. The number of nitrogens with one attached hydrogen (secondary N) is 1. The van der Waals surface area contributed by atoms with Crippen molar-refractivity contribution in [1.29, 1.82) is 0 Å². The average molecular weight is 399 g/mol. The van der Waals surface area contributed by atoms with Gasteiger partial charge in [0.25, 0.3) is 10.0 Å². The summed E-state index contributed by atoms with van der Waals surface area (Å²) in [6.45, 7) is 0.592. The molecule has 0 aromatic heterocycles. The van der Waals surface area contributed by atoms with Gasteiger partial charge in [0.15, 0.2) is 0 Å². The molecule has 1 aliphatic heterocycles. The highest BCUT2D eigenvalue weighted by atomic mass is 35.5. The Morgan fingerprint density at radius 2 is 2.00 bits per heavy atom. The second-order valence-electron chi connectivity index (χ2n) is 5.72. The van der Waals surface area contributed by atoms with Crippen LogP contribution in [0, 0.1) is 5.82 Å². The van der Waals surface area contributed by atoms with Gasteiger partial charge in [0, 0.05) is 19.0 Å². The fourth-order valence-corrected chi connectivity index (χ4v) is 4.05. The summed E-state index contributed by atoms with van der Waals surface area (Å²) in [5.41, 5.74) is 0.834. The van der Waals surface area contributed by atoms with Gasteiger partial charge in [0.1, 0.15) is 11.6 Å². The van der Waals surface area contributed by atoms with Gasteiger partial charge >= 0.3 is 0 Å². The van der Waals surface area contributed by atoms with Crippen LogP contribution in [0.25, 0.3) is 0 Å². The van der Waals surface area contributed by atoms with Crippen LogP contribution in [0.4, 0.5) is 15.8 Å². The largest absolute Gasteiger partial charge is 0.494 e. The molecule has 1 heterocycles. The number of anilines is 2. The number of ether oxygens (including phenoxy) is 1. The van der Waals surface area contributed by atoms with Crippen molar-refractivity contribution < 1.29 is 22.3 Å². The molecule has 1 amide bonds. The van der Waals surface area contributed by atoms with E-state index in [-0.39, 0.29) is 21.5 Å². The van der Waals surface area contributed by atoms with Gasteiger partial charge in [-0.05, 0) is 36.8 Å². The van der Waals surface area contributed by atoms with Gasteiger partial charge in [-0.1, -0.05) is 11.6 Å². The van der Waals surface area contributed by atoms with E-state index in [4.69, 9.17) is 16.3 Å². The first-order valence-corrected chi connectivity index (χ1v) is 9.64. The molecular weight excluding hydrogens is 383 g/mol. The van der Waals surface area contributed by atoms with Crippen molar-refractivity contribution in [2.24, 2.45) is 0 Å². The zero-order valence-corrected chi connectivity index (χ0v) is 15.4. The van der Waals surface area contributed by atoms with Crippen LogP contribution < -0.4 is 14.4 Å². The minimum Gasteiger partial charge on any atom is -0.494 e. The molecule has 0 spiro atoms. The van der Waals surface area contributed by atoms with Crippen molar-refractivity contribution >= 4 is 38.9 Å². The molecule has 26 heavy (non-hydrogen) atoms. The normalized spacial score (nSPS) is 14.6. The molecule has 1 saturated heterocycles. The number of methoxy groups -OCH3 is 1. The minimum absolute atomic E-state index is 0.00224. The number of amides is 1. The molecule has 1 fully saturated rings. The van der Waals surface area contributed by atoms with Crippen LogP contribution in [0.1, 0.15) is 12.8 Å². The molecule has 0 unspecified atom stereocenters. The fourth-order valence-electron chi connectivity index (χ4n) is 2.73. The molecule has 6 nitrogen and oxygen atoms in total. The number of carbonyl (C=O) groups excluding carboxylic acids is 1. The Morgan fingerprint density at radius 3 is 2.62 bits per heavy atom. The highest BCUT2D eigenvalue weighted by molar-refractivity contribution is 7.92. The zero-order valence-electron chi connectivity index (χ0n) is 13.8. The summed E-state index contributed by atoms with van der Waals surface area (Å²) in [6, 6.07) is 7.79. The lowest BCUT2D eigenvalue weighted by atomic mass is 10.2. The number of rotatable bonds is 5. The third-order valence-corrected chi connectivity index (χ3v) is 5.67. The van der Waals surface area contributed by atoms with E-state index in [9.17, 15) is 17.6 Å². The third-order valence-electron chi connectivity index (χ3n) is 4.00. The lowest BCUT2D eigenvalue weighted by molar-refractivity contribution is -0.117. The number of hydrogen-bond donors (Lipinski definition) is 1. The van der Waals surface area contributed by atoms with Crippen LogP contribution in [-0.4, -0.2) is 28.0 Å². The second kappa shape index (κ2) is 7.13. The van der Waals surface area contributed by atoms with Gasteiger partial charge in [-0.2, -0.15) is 0 Å². The van der Waals surface area contributed by atoms with E-state index in [1.807, 2.05) is 0 Å². The smallest absolute Gasteiger partial charge is 0.261 e. The van der Waals surface area contributed by atoms with Gasteiger partial charge in [0.2, 0.25) is 5.91 Å². The molecule has 0 radical (unpaired) electrons. The van der Waals surface area contributed by atoms with Gasteiger partial charge in [0.05, 0.1) is 28.4 Å². The Bertz CT molecular complexity index is 965. The SMILES string of the molecule is COc1cc(NS(=O)(=O)c2ccc(F)c(Cl)c2)ccc1N1CCCC1=O. The molecule has 9 heteroatoms. The second-order valence-corrected chi connectivity index (χ2v) is 7.81. The van der Waals surface area contributed by atoms with Crippen molar-refractivity contribution in [3.8, 4) is 5.75 Å². The summed E-state index contributed by atoms with van der Waals surface area (Å²) in [4.78, 5) is 13.4. The molecule has 138 valence electrons. The van der Waals surface area contributed by atoms with Gasteiger partial charge < -0.3 is 9.64 Å². The van der Waals surface area contributed by atoms with Crippen molar-refractivity contribution in [2.75, 3.05) is 23.3 Å². The van der Waals surface area contributed by atoms with Crippen LogP contribution in [0.2, 0.25) is 5.02 Å². The first-order chi connectivity index (χ1) is 12.3. The predicted octanol–water partition coefficient (Wildman–Crippen LogP) is 3.42. The molecule has 3 rings (SSSR count). The summed E-state index contributed by atoms with van der Waals surface area (Å²) in [5, 5.41) is -0.284. The molecule has 0 atom stereocenters. The predicted molar refractivity (Wildman–Crippen MR) is 96.8 cm³/mol.